The van der Waals surface area contributed by atoms with Crippen molar-refractivity contribution in [1.29, 1.82) is 0 Å². The number of nitrogens with one attached hydrogen (secondary N) is 1. The highest BCUT2D eigenvalue weighted by molar-refractivity contribution is 7.89. The fourth-order valence-electron chi connectivity index (χ4n) is 2.28. The first-order valence-corrected chi connectivity index (χ1v) is 7.69. The molecule has 0 amide bonds. The molecular weight excluding hydrogens is 266 g/mol. The van der Waals surface area contributed by atoms with Gasteiger partial charge in [-0.3, -0.25) is 4.79 Å². The molecule has 0 spiro atoms. The van der Waals surface area contributed by atoms with Gasteiger partial charge in [0.2, 0.25) is 10.0 Å². The summed E-state index contributed by atoms with van der Waals surface area (Å²) in [4.78, 5) is 10.6. The molecule has 0 heterocycles. The zero-order valence-electron chi connectivity index (χ0n) is 10.7. The zero-order chi connectivity index (χ0) is 13.9. The second-order valence-corrected chi connectivity index (χ2v) is 6.46. The highest BCUT2D eigenvalue weighted by Crippen LogP contribution is 2.23. The molecule has 1 N–H and O–H groups in total. The van der Waals surface area contributed by atoms with Gasteiger partial charge in [-0.2, -0.15) is 0 Å². The van der Waals surface area contributed by atoms with Crippen LogP contribution in [0.2, 0.25) is 0 Å². The first-order valence-electron chi connectivity index (χ1n) is 6.21. The Bertz CT molecular complexity index is 538. The molecule has 0 bridgehead atoms. The quantitative estimate of drug-likeness (QED) is 0.828. The second-order valence-electron chi connectivity index (χ2n) is 4.74. The van der Waals surface area contributed by atoms with Crippen molar-refractivity contribution in [3.63, 3.8) is 0 Å². The molecule has 0 aromatic heterocycles. The van der Waals surface area contributed by atoms with Crippen molar-refractivity contribution in [3.05, 3.63) is 29.8 Å². The summed E-state index contributed by atoms with van der Waals surface area (Å²) in [5.74, 6) is 0. The first-order chi connectivity index (χ1) is 9.03. The molecule has 2 atom stereocenters. The molecule has 0 saturated heterocycles. The van der Waals surface area contributed by atoms with Crippen molar-refractivity contribution in [2.45, 2.75) is 43.2 Å². The van der Waals surface area contributed by atoms with Gasteiger partial charge in [0.1, 0.15) is 6.10 Å². The maximum absolute atomic E-state index is 12.2. The number of benzene rings is 1. The molecule has 5 nitrogen and oxygen atoms in total. The second kappa shape index (κ2) is 5.71. The number of hydrogen-bond acceptors (Lipinski definition) is 4. The summed E-state index contributed by atoms with van der Waals surface area (Å²) in [7, 11) is -3.56. The van der Waals surface area contributed by atoms with E-state index in [2.05, 4.69) is 4.72 Å². The van der Waals surface area contributed by atoms with Crippen molar-refractivity contribution in [1.82, 2.24) is 4.72 Å². The van der Waals surface area contributed by atoms with E-state index in [0.717, 1.165) is 12.0 Å². The molecule has 1 aliphatic carbocycles. The van der Waals surface area contributed by atoms with Gasteiger partial charge in [0, 0.05) is 0 Å². The van der Waals surface area contributed by atoms with Crippen molar-refractivity contribution in [2.75, 3.05) is 0 Å². The fourth-order valence-corrected chi connectivity index (χ4v) is 3.58. The van der Waals surface area contributed by atoms with Crippen LogP contribution in [-0.2, 0) is 19.6 Å². The first kappa shape index (κ1) is 14.0. The minimum absolute atomic E-state index is 0.231. The van der Waals surface area contributed by atoms with Gasteiger partial charge in [0.15, 0.2) is 0 Å². The fraction of sp³-hybridized carbons (Fsp3) is 0.462. The lowest BCUT2D eigenvalue weighted by Crippen LogP contribution is -2.40. The van der Waals surface area contributed by atoms with E-state index < -0.39 is 10.0 Å². The Morgan fingerprint density at radius 3 is 2.58 bits per heavy atom. The molecule has 19 heavy (non-hydrogen) atoms. The molecule has 0 unspecified atom stereocenters. The molecule has 104 valence electrons. The Hall–Kier alpha value is -1.40. The van der Waals surface area contributed by atoms with E-state index in [0.29, 0.717) is 19.3 Å². The average molecular weight is 283 g/mol. The SMILES string of the molecule is Cc1ccc(S(=O)(=O)N[C@@H]2CCC[C@H]2OC=O)cc1. The maximum Gasteiger partial charge on any atom is 0.293 e. The lowest BCUT2D eigenvalue weighted by molar-refractivity contribution is -0.133. The summed E-state index contributed by atoms with van der Waals surface area (Å²) in [5.41, 5.74) is 1.00. The van der Waals surface area contributed by atoms with E-state index in [1.807, 2.05) is 6.92 Å². The number of aryl methyl sites for hydroxylation is 1. The predicted molar refractivity (Wildman–Crippen MR) is 70.1 cm³/mol. The molecule has 2 rings (SSSR count). The van der Waals surface area contributed by atoms with Crippen molar-refractivity contribution in [2.24, 2.45) is 0 Å². The van der Waals surface area contributed by atoms with E-state index in [9.17, 15) is 13.2 Å². The molecular formula is C13H17NO4S. The van der Waals surface area contributed by atoms with Crippen LogP contribution >= 0.6 is 0 Å². The molecule has 0 aliphatic heterocycles. The Morgan fingerprint density at radius 2 is 1.95 bits per heavy atom. The topological polar surface area (TPSA) is 72.5 Å². The smallest absolute Gasteiger partial charge is 0.293 e. The summed E-state index contributed by atoms with van der Waals surface area (Å²) >= 11 is 0. The molecule has 1 fully saturated rings. The van der Waals surface area contributed by atoms with Crippen LogP contribution in [-0.4, -0.2) is 27.0 Å². The lowest BCUT2D eigenvalue weighted by Gasteiger charge is -2.19. The van der Waals surface area contributed by atoms with E-state index in [1.54, 1.807) is 24.3 Å². The lowest BCUT2D eigenvalue weighted by atomic mass is 10.2. The van der Waals surface area contributed by atoms with Gasteiger partial charge in [0.25, 0.3) is 6.47 Å². The summed E-state index contributed by atoms with van der Waals surface area (Å²) in [5, 5.41) is 0. The van der Waals surface area contributed by atoms with E-state index >= 15 is 0 Å². The van der Waals surface area contributed by atoms with Crippen molar-refractivity contribution in [3.8, 4) is 0 Å². The van der Waals surface area contributed by atoms with Crippen LogP contribution in [0.15, 0.2) is 29.2 Å². The van der Waals surface area contributed by atoms with Gasteiger partial charge in [-0.1, -0.05) is 17.7 Å². The molecule has 1 saturated carbocycles. The Morgan fingerprint density at radius 1 is 1.26 bits per heavy atom. The van der Waals surface area contributed by atoms with Crippen LogP contribution in [0.25, 0.3) is 0 Å². The minimum Gasteiger partial charge on any atom is -0.463 e. The van der Waals surface area contributed by atoms with Crippen molar-refractivity contribution < 1.29 is 17.9 Å². The molecule has 1 aromatic rings. The Balaban J connectivity index is 2.12. The number of carbonyl (C=O) groups excluding carboxylic acids is 1. The van der Waals surface area contributed by atoms with Crippen LogP contribution in [0, 0.1) is 6.92 Å². The molecule has 6 heteroatoms. The van der Waals surface area contributed by atoms with Gasteiger partial charge in [-0.15, -0.1) is 0 Å². The minimum atomic E-state index is -3.56. The third kappa shape index (κ3) is 3.33. The third-order valence-corrected chi connectivity index (χ3v) is 4.83. The molecule has 1 aliphatic rings. The van der Waals surface area contributed by atoms with E-state index in [4.69, 9.17) is 4.74 Å². The molecule has 1 aromatic carbocycles. The number of sulfonamides is 1. The standard InChI is InChI=1S/C13H17NO4S/c1-10-5-7-11(8-6-10)19(16,17)14-12-3-2-4-13(12)18-9-15/h5-9,12-14H,2-4H2,1H3/t12-,13-/m1/s1. The predicted octanol–water partition coefficient (Wildman–Crippen LogP) is 1.37. The third-order valence-electron chi connectivity index (χ3n) is 3.32. The highest BCUT2D eigenvalue weighted by Gasteiger charge is 2.32. The summed E-state index contributed by atoms with van der Waals surface area (Å²) < 4.78 is 31.9. The average Bonchev–Trinajstić information content (AvgIpc) is 2.77. The number of hydrogen-bond donors (Lipinski definition) is 1. The van der Waals surface area contributed by atoms with Gasteiger partial charge >= 0.3 is 0 Å². The largest absolute Gasteiger partial charge is 0.463 e. The zero-order valence-corrected chi connectivity index (χ0v) is 11.5. The van der Waals surface area contributed by atoms with E-state index in [-0.39, 0.29) is 17.0 Å². The monoisotopic (exact) mass is 283 g/mol. The van der Waals surface area contributed by atoms with Crippen molar-refractivity contribution >= 4 is 16.5 Å². The van der Waals surface area contributed by atoms with Gasteiger partial charge < -0.3 is 4.74 Å². The summed E-state index contributed by atoms with van der Waals surface area (Å²) in [6, 6.07) is 6.31. The Labute approximate surface area is 113 Å². The van der Waals surface area contributed by atoms with Crippen LogP contribution in [0.1, 0.15) is 24.8 Å². The summed E-state index contributed by atoms with van der Waals surface area (Å²) in [6.07, 6.45) is 1.86. The van der Waals surface area contributed by atoms with Crippen LogP contribution < -0.4 is 4.72 Å². The van der Waals surface area contributed by atoms with Gasteiger partial charge in [0.05, 0.1) is 10.9 Å². The summed E-state index contributed by atoms with van der Waals surface area (Å²) in [6.45, 7) is 2.28. The maximum atomic E-state index is 12.2. The van der Waals surface area contributed by atoms with Gasteiger partial charge in [-0.25, -0.2) is 13.1 Å². The molecule has 0 radical (unpaired) electrons. The number of ether oxygens (including phenoxy) is 1. The normalized spacial score (nSPS) is 23.2. The number of rotatable bonds is 5. The van der Waals surface area contributed by atoms with Crippen LogP contribution in [0.5, 0.6) is 0 Å². The highest BCUT2D eigenvalue weighted by atomic mass is 32.2. The Kier molecular flexibility index (Phi) is 4.21. The van der Waals surface area contributed by atoms with E-state index in [1.165, 1.54) is 0 Å². The van der Waals surface area contributed by atoms with Crippen LogP contribution in [0.4, 0.5) is 0 Å². The number of carbonyl (C=O) groups is 1. The van der Waals surface area contributed by atoms with Gasteiger partial charge in [-0.05, 0) is 38.3 Å². The van der Waals surface area contributed by atoms with Crippen LogP contribution in [0.3, 0.4) is 0 Å².